The molecule has 0 saturated heterocycles. The van der Waals surface area contributed by atoms with E-state index in [2.05, 4.69) is 5.32 Å². The molecule has 100 valence electrons. The number of nitrogens with one attached hydrogen (secondary N) is 1. The smallest absolute Gasteiger partial charge is 0.128 e. The Labute approximate surface area is 118 Å². The minimum atomic E-state index is -0.572. The van der Waals surface area contributed by atoms with Crippen LogP contribution in [-0.4, -0.2) is 0 Å². The lowest BCUT2D eigenvalue weighted by molar-refractivity contribution is 0.587. The van der Waals surface area contributed by atoms with Gasteiger partial charge in [0, 0.05) is 12.1 Å². The zero-order valence-electron chi connectivity index (χ0n) is 9.48. The van der Waals surface area contributed by atoms with Gasteiger partial charge in [-0.3, -0.25) is 0 Å². The van der Waals surface area contributed by atoms with Crippen LogP contribution in [0, 0.1) is 17.5 Å². The molecule has 0 aromatic heterocycles. The van der Waals surface area contributed by atoms with Crippen LogP contribution in [0.4, 0.5) is 18.9 Å². The number of benzene rings is 2. The van der Waals surface area contributed by atoms with Crippen LogP contribution in [0.5, 0.6) is 0 Å². The van der Waals surface area contributed by atoms with Crippen molar-refractivity contribution in [1.29, 1.82) is 0 Å². The Morgan fingerprint density at radius 2 is 1.53 bits per heavy atom. The second-order valence-electron chi connectivity index (χ2n) is 3.83. The number of halogens is 5. The minimum absolute atomic E-state index is 0.0192. The molecule has 6 heteroatoms. The Bertz CT molecular complexity index is 594. The van der Waals surface area contributed by atoms with Crippen molar-refractivity contribution in [3.05, 3.63) is 63.4 Å². The second-order valence-corrected chi connectivity index (χ2v) is 4.65. The Kier molecular flexibility index (Phi) is 4.22. The molecule has 1 nitrogen and oxygen atoms in total. The lowest BCUT2D eigenvalue weighted by atomic mass is 10.2. The first kappa shape index (κ1) is 14.0. The molecule has 0 aliphatic rings. The summed E-state index contributed by atoms with van der Waals surface area (Å²) >= 11 is 11.6. The average molecular weight is 306 g/mol. The summed E-state index contributed by atoms with van der Waals surface area (Å²) in [6, 6.07) is 5.28. The first-order valence-corrected chi connectivity index (χ1v) is 6.05. The summed E-state index contributed by atoms with van der Waals surface area (Å²) < 4.78 is 39.4. The van der Waals surface area contributed by atoms with Crippen LogP contribution in [0.25, 0.3) is 0 Å². The molecule has 0 aliphatic carbocycles. The van der Waals surface area contributed by atoms with E-state index in [0.717, 1.165) is 30.3 Å². The van der Waals surface area contributed by atoms with Crippen LogP contribution in [0.2, 0.25) is 10.0 Å². The Balaban J connectivity index is 2.21. The van der Waals surface area contributed by atoms with Gasteiger partial charge in [0.1, 0.15) is 17.5 Å². The van der Waals surface area contributed by atoms with E-state index in [1.165, 1.54) is 0 Å². The molecule has 0 heterocycles. The summed E-state index contributed by atoms with van der Waals surface area (Å²) in [6.07, 6.45) is 0. The maximum Gasteiger partial charge on any atom is 0.128 e. The highest BCUT2D eigenvalue weighted by atomic mass is 35.5. The zero-order valence-corrected chi connectivity index (χ0v) is 11.0. The molecule has 0 amide bonds. The van der Waals surface area contributed by atoms with Gasteiger partial charge in [-0.05, 0) is 30.3 Å². The molecule has 19 heavy (non-hydrogen) atoms. The SMILES string of the molecule is Fc1cc(Cl)c(NCc2cc(F)ccc2F)c(Cl)c1. The van der Waals surface area contributed by atoms with Crippen LogP contribution < -0.4 is 5.32 Å². The van der Waals surface area contributed by atoms with Gasteiger partial charge in [0.05, 0.1) is 15.7 Å². The summed E-state index contributed by atoms with van der Waals surface area (Å²) in [7, 11) is 0. The van der Waals surface area contributed by atoms with Crippen LogP contribution in [0.1, 0.15) is 5.56 Å². The van der Waals surface area contributed by atoms with Gasteiger partial charge in [0.15, 0.2) is 0 Å². The molecule has 0 aliphatic heterocycles. The van der Waals surface area contributed by atoms with Crippen molar-refractivity contribution in [2.75, 3.05) is 5.32 Å². The summed E-state index contributed by atoms with van der Waals surface area (Å²) in [5.74, 6) is -1.67. The highest BCUT2D eigenvalue weighted by Gasteiger charge is 2.10. The molecule has 0 spiro atoms. The molecule has 0 radical (unpaired) electrons. The summed E-state index contributed by atoms with van der Waals surface area (Å²) in [5, 5.41) is 2.90. The van der Waals surface area contributed by atoms with E-state index in [0.29, 0.717) is 0 Å². The van der Waals surface area contributed by atoms with E-state index < -0.39 is 17.5 Å². The lowest BCUT2D eigenvalue weighted by Gasteiger charge is -2.11. The quantitative estimate of drug-likeness (QED) is 0.839. The van der Waals surface area contributed by atoms with Crippen LogP contribution >= 0.6 is 23.2 Å². The van der Waals surface area contributed by atoms with Gasteiger partial charge in [-0.1, -0.05) is 23.2 Å². The fourth-order valence-corrected chi connectivity index (χ4v) is 2.17. The maximum absolute atomic E-state index is 13.4. The van der Waals surface area contributed by atoms with Crippen molar-refractivity contribution in [2.45, 2.75) is 6.54 Å². The van der Waals surface area contributed by atoms with Crippen molar-refractivity contribution in [2.24, 2.45) is 0 Å². The van der Waals surface area contributed by atoms with E-state index in [1.54, 1.807) is 0 Å². The van der Waals surface area contributed by atoms with Gasteiger partial charge in [0.25, 0.3) is 0 Å². The number of hydrogen-bond acceptors (Lipinski definition) is 1. The number of hydrogen-bond donors (Lipinski definition) is 1. The molecular weight excluding hydrogens is 298 g/mol. The monoisotopic (exact) mass is 305 g/mol. The standard InChI is InChI=1S/C13H8Cl2F3N/c14-10-4-9(17)5-11(15)13(10)19-6-7-3-8(16)1-2-12(7)18/h1-5,19H,6H2. The van der Waals surface area contributed by atoms with Crippen LogP contribution in [-0.2, 0) is 6.54 Å². The topological polar surface area (TPSA) is 12.0 Å². The Morgan fingerprint density at radius 1 is 0.895 bits per heavy atom. The molecule has 0 bridgehead atoms. The van der Waals surface area contributed by atoms with E-state index in [-0.39, 0.29) is 27.8 Å². The predicted octanol–water partition coefficient (Wildman–Crippen LogP) is 5.02. The molecular formula is C13H8Cl2F3N. The molecule has 2 rings (SSSR count). The maximum atomic E-state index is 13.4. The largest absolute Gasteiger partial charge is 0.378 e. The molecule has 0 fully saturated rings. The second kappa shape index (κ2) is 5.72. The molecule has 0 unspecified atom stereocenters. The predicted molar refractivity (Wildman–Crippen MR) is 70.1 cm³/mol. The molecule has 0 saturated carbocycles. The first-order valence-electron chi connectivity index (χ1n) is 5.29. The van der Waals surface area contributed by atoms with Crippen molar-refractivity contribution in [3.63, 3.8) is 0 Å². The molecule has 2 aromatic carbocycles. The summed E-state index contributed by atoms with van der Waals surface area (Å²) in [4.78, 5) is 0. The average Bonchev–Trinajstić information content (AvgIpc) is 2.32. The van der Waals surface area contributed by atoms with E-state index in [4.69, 9.17) is 23.2 Å². The molecule has 2 aromatic rings. The first-order chi connectivity index (χ1) is 8.97. The van der Waals surface area contributed by atoms with Crippen LogP contribution in [0.3, 0.4) is 0 Å². The van der Waals surface area contributed by atoms with Gasteiger partial charge in [0.2, 0.25) is 0 Å². The highest BCUT2D eigenvalue weighted by Crippen LogP contribution is 2.31. The van der Waals surface area contributed by atoms with Crippen molar-refractivity contribution >= 4 is 28.9 Å². The third-order valence-corrected chi connectivity index (χ3v) is 3.07. The minimum Gasteiger partial charge on any atom is -0.378 e. The fraction of sp³-hybridized carbons (Fsp3) is 0.0769. The normalized spacial score (nSPS) is 10.6. The fourth-order valence-electron chi connectivity index (χ4n) is 1.57. The third kappa shape index (κ3) is 3.33. The van der Waals surface area contributed by atoms with Gasteiger partial charge in [-0.2, -0.15) is 0 Å². The third-order valence-electron chi connectivity index (χ3n) is 2.47. The highest BCUT2D eigenvalue weighted by molar-refractivity contribution is 6.39. The van der Waals surface area contributed by atoms with E-state index in [9.17, 15) is 13.2 Å². The van der Waals surface area contributed by atoms with Crippen molar-refractivity contribution in [3.8, 4) is 0 Å². The lowest BCUT2D eigenvalue weighted by Crippen LogP contribution is -2.03. The molecule has 0 atom stereocenters. The van der Waals surface area contributed by atoms with Gasteiger partial charge >= 0.3 is 0 Å². The zero-order chi connectivity index (χ0) is 14.0. The van der Waals surface area contributed by atoms with E-state index in [1.807, 2.05) is 0 Å². The van der Waals surface area contributed by atoms with Gasteiger partial charge < -0.3 is 5.32 Å². The Hall–Kier alpha value is -1.39. The van der Waals surface area contributed by atoms with Crippen LogP contribution in [0.15, 0.2) is 30.3 Å². The summed E-state index contributed by atoms with van der Waals surface area (Å²) in [6.45, 7) is -0.0192. The van der Waals surface area contributed by atoms with Crippen molar-refractivity contribution in [1.82, 2.24) is 0 Å². The Morgan fingerprint density at radius 3 is 2.16 bits per heavy atom. The number of rotatable bonds is 3. The van der Waals surface area contributed by atoms with Gasteiger partial charge in [-0.15, -0.1) is 0 Å². The number of anilines is 1. The molecule has 1 N–H and O–H groups in total. The van der Waals surface area contributed by atoms with E-state index >= 15 is 0 Å². The van der Waals surface area contributed by atoms with Crippen molar-refractivity contribution < 1.29 is 13.2 Å². The van der Waals surface area contributed by atoms with Gasteiger partial charge in [-0.25, -0.2) is 13.2 Å². The summed E-state index contributed by atoms with van der Waals surface area (Å²) in [5.41, 5.74) is 0.393.